The van der Waals surface area contributed by atoms with Crippen LogP contribution in [0, 0.1) is 13.8 Å². The number of nitrogens with zero attached hydrogens (tertiary/aromatic N) is 1. The molecule has 1 aliphatic rings. The van der Waals surface area contributed by atoms with Crippen LogP contribution in [-0.4, -0.2) is 33.5 Å². The van der Waals surface area contributed by atoms with Crippen molar-refractivity contribution < 1.29 is 17.9 Å². The van der Waals surface area contributed by atoms with Gasteiger partial charge in [0.15, 0.2) is 6.10 Å². The second kappa shape index (κ2) is 9.45. The summed E-state index contributed by atoms with van der Waals surface area (Å²) in [6.45, 7) is 4.07. The molecule has 1 N–H and O–H groups in total. The molecular weight excluding hydrogens is 460 g/mol. The number of benzene rings is 3. The zero-order chi connectivity index (χ0) is 23.6. The highest BCUT2D eigenvalue weighted by Gasteiger charge is 2.37. The molecule has 0 bridgehead atoms. The van der Waals surface area contributed by atoms with E-state index in [2.05, 4.69) is 5.32 Å². The maximum Gasteiger partial charge on any atom is 0.264 e. The van der Waals surface area contributed by atoms with Crippen molar-refractivity contribution in [2.75, 3.05) is 17.4 Å². The number of amides is 1. The van der Waals surface area contributed by atoms with Gasteiger partial charge in [0.05, 0.1) is 17.1 Å². The first kappa shape index (κ1) is 23.1. The second-order valence-corrected chi connectivity index (χ2v) is 10.4. The fourth-order valence-corrected chi connectivity index (χ4v) is 5.26. The Bertz CT molecular complexity index is 1260. The van der Waals surface area contributed by atoms with Gasteiger partial charge < -0.3 is 10.1 Å². The molecule has 33 heavy (non-hydrogen) atoms. The number of ether oxygens (including phenoxy) is 1. The molecule has 0 saturated heterocycles. The zero-order valence-corrected chi connectivity index (χ0v) is 20.0. The number of hydrogen-bond donors (Lipinski definition) is 1. The predicted octanol–water partition coefficient (Wildman–Crippen LogP) is 4.27. The summed E-state index contributed by atoms with van der Waals surface area (Å²) in [5.74, 6) is 0.00927. The van der Waals surface area contributed by atoms with Crippen molar-refractivity contribution in [3.8, 4) is 5.75 Å². The Labute approximate surface area is 199 Å². The minimum Gasteiger partial charge on any atom is -0.476 e. The van der Waals surface area contributed by atoms with E-state index in [4.69, 9.17) is 16.3 Å². The van der Waals surface area contributed by atoms with Crippen LogP contribution in [0.25, 0.3) is 0 Å². The monoisotopic (exact) mass is 484 g/mol. The first-order valence-electron chi connectivity index (χ1n) is 10.6. The number of sulfonamides is 1. The van der Waals surface area contributed by atoms with E-state index in [1.54, 1.807) is 48.5 Å². The van der Waals surface area contributed by atoms with Gasteiger partial charge in [-0.1, -0.05) is 47.5 Å². The van der Waals surface area contributed by atoms with E-state index in [1.165, 1.54) is 4.31 Å². The molecule has 8 heteroatoms. The summed E-state index contributed by atoms with van der Waals surface area (Å²) >= 11 is 5.91. The second-order valence-electron chi connectivity index (χ2n) is 8.09. The number of nitrogens with one attached hydrogen (secondary N) is 1. The summed E-state index contributed by atoms with van der Waals surface area (Å²) < 4.78 is 34.1. The van der Waals surface area contributed by atoms with E-state index in [9.17, 15) is 13.2 Å². The molecule has 0 aromatic heterocycles. The molecule has 0 fully saturated rings. The third-order valence-corrected chi connectivity index (χ3v) is 7.56. The molecule has 0 spiro atoms. The van der Waals surface area contributed by atoms with Gasteiger partial charge in [0.2, 0.25) is 0 Å². The largest absolute Gasteiger partial charge is 0.476 e. The van der Waals surface area contributed by atoms with Crippen molar-refractivity contribution in [2.24, 2.45) is 0 Å². The topological polar surface area (TPSA) is 75.7 Å². The van der Waals surface area contributed by atoms with Gasteiger partial charge in [-0.05, 0) is 67.8 Å². The summed E-state index contributed by atoms with van der Waals surface area (Å²) in [5.41, 5.74) is 3.33. The summed E-state index contributed by atoms with van der Waals surface area (Å²) in [5, 5.41) is 3.52. The fourth-order valence-electron chi connectivity index (χ4n) is 3.66. The van der Waals surface area contributed by atoms with Crippen molar-refractivity contribution in [3.05, 3.63) is 88.4 Å². The van der Waals surface area contributed by atoms with Crippen LogP contribution in [-0.2, 0) is 21.2 Å². The average molecular weight is 485 g/mol. The normalized spacial score (nSPS) is 15.5. The SMILES string of the molecule is Cc1ccc(S(=O)(=O)N2C[C@H](C(=O)NCCc3ccc(Cl)cc3)Oc3cc(C)ccc32)cc1. The molecule has 1 heterocycles. The third kappa shape index (κ3) is 5.15. The lowest BCUT2D eigenvalue weighted by atomic mass is 10.1. The van der Waals surface area contributed by atoms with Gasteiger partial charge in [-0.15, -0.1) is 0 Å². The molecule has 0 saturated carbocycles. The van der Waals surface area contributed by atoms with Gasteiger partial charge in [-0.25, -0.2) is 8.42 Å². The Morgan fingerprint density at radius 1 is 1.03 bits per heavy atom. The van der Waals surface area contributed by atoms with E-state index in [-0.39, 0.29) is 17.3 Å². The molecular formula is C25H25ClN2O4S. The lowest BCUT2D eigenvalue weighted by Gasteiger charge is -2.35. The lowest BCUT2D eigenvalue weighted by molar-refractivity contribution is -0.127. The molecule has 0 aliphatic carbocycles. The molecule has 4 rings (SSSR count). The Kier molecular flexibility index (Phi) is 6.63. The predicted molar refractivity (Wildman–Crippen MR) is 129 cm³/mol. The number of aryl methyl sites for hydroxylation is 2. The summed E-state index contributed by atoms with van der Waals surface area (Å²) in [7, 11) is -3.88. The lowest BCUT2D eigenvalue weighted by Crippen LogP contribution is -2.51. The molecule has 172 valence electrons. The smallest absolute Gasteiger partial charge is 0.264 e. The highest BCUT2D eigenvalue weighted by Crippen LogP contribution is 2.37. The quantitative estimate of drug-likeness (QED) is 0.567. The standard InChI is InChI=1S/C25H25ClN2O4S/c1-17-3-10-21(11-4-17)33(30,31)28-16-24(32-23-15-18(2)5-12-22(23)28)25(29)27-14-13-19-6-8-20(26)9-7-19/h3-12,15,24H,13-14,16H2,1-2H3,(H,27,29)/t24-/m1/s1. The number of hydrogen-bond acceptors (Lipinski definition) is 4. The van der Waals surface area contributed by atoms with Crippen molar-refractivity contribution in [3.63, 3.8) is 0 Å². The van der Waals surface area contributed by atoms with Gasteiger partial charge in [0.25, 0.3) is 15.9 Å². The first-order valence-corrected chi connectivity index (χ1v) is 12.4. The average Bonchev–Trinajstić information content (AvgIpc) is 2.79. The molecule has 0 radical (unpaired) electrons. The molecule has 6 nitrogen and oxygen atoms in total. The van der Waals surface area contributed by atoms with E-state index in [0.717, 1.165) is 16.7 Å². The van der Waals surface area contributed by atoms with Crippen molar-refractivity contribution in [1.82, 2.24) is 5.32 Å². The number of anilines is 1. The number of carbonyl (C=O) groups excluding carboxylic acids is 1. The maximum atomic E-state index is 13.5. The van der Waals surface area contributed by atoms with E-state index in [1.807, 2.05) is 32.0 Å². The molecule has 0 unspecified atom stereocenters. The molecule has 1 amide bonds. The summed E-state index contributed by atoms with van der Waals surface area (Å²) in [6.07, 6.45) is -0.346. The van der Waals surface area contributed by atoms with Crippen LogP contribution >= 0.6 is 11.6 Å². The van der Waals surface area contributed by atoms with Gasteiger partial charge in [-0.2, -0.15) is 0 Å². The fraction of sp³-hybridized carbons (Fsp3) is 0.240. The van der Waals surface area contributed by atoms with Crippen LogP contribution in [0.3, 0.4) is 0 Å². The minimum atomic E-state index is -3.88. The van der Waals surface area contributed by atoms with Gasteiger partial charge in [0, 0.05) is 11.6 Å². The molecule has 3 aromatic rings. The molecule has 1 aliphatic heterocycles. The van der Waals surface area contributed by atoms with Gasteiger partial charge in [-0.3, -0.25) is 9.10 Å². The Morgan fingerprint density at radius 2 is 1.70 bits per heavy atom. The van der Waals surface area contributed by atoms with Crippen LogP contribution in [0.5, 0.6) is 5.75 Å². The number of halogens is 1. The van der Waals surface area contributed by atoms with Crippen LogP contribution in [0.2, 0.25) is 5.02 Å². The van der Waals surface area contributed by atoms with Crippen LogP contribution in [0.15, 0.2) is 71.6 Å². The van der Waals surface area contributed by atoms with E-state index < -0.39 is 16.1 Å². The Balaban J connectivity index is 1.55. The van der Waals surface area contributed by atoms with Gasteiger partial charge >= 0.3 is 0 Å². The minimum absolute atomic E-state index is 0.112. The van der Waals surface area contributed by atoms with Crippen molar-refractivity contribution in [1.29, 1.82) is 0 Å². The molecule has 1 atom stereocenters. The van der Waals surface area contributed by atoms with Crippen LogP contribution in [0.4, 0.5) is 5.69 Å². The Morgan fingerprint density at radius 3 is 2.39 bits per heavy atom. The van der Waals surface area contributed by atoms with Crippen molar-refractivity contribution in [2.45, 2.75) is 31.3 Å². The maximum absolute atomic E-state index is 13.5. The van der Waals surface area contributed by atoms with Crippen molar-refractivity contribution >= 4 is 33.2 Å². The zero-order valence-electron chi connectivity index (χ0n) is 18.4. The van der Waals surface area contributed by atoms with E-state index >= 15 is 0 Å². The third-order valence-electron chi connectivity index (χ3n) is 5.51. The number of fused-ring (bicyclic) bond motifs is 1. The summed E-state index contributed by atoms with van der Waals surface area (Å²) in [4.78, 5) is 13.1. The summed E-state index contributed by atoms with van der Waals surface area (Å²) in [6, 6.07) is 19.4. The number of carbonyl (C=O) groups is 1. The number of rotatable bonds is 6. The highest BCUT2D eigenvalue weighted by atomic mass is 35.5. The van der Waals surface area contributed by atoms with E-state index in [0.29, 0.717) is 29.4 Å². The van der Waals surface area contributed by atoms with Crippen LogP contribution < -0.4 is 14.4 Å². The van der Waals surface area contributed by atoms with Crippen LogP contribution in [0.1, 0.15) is 16.7 Å². The molecule has 3 aromatic carbocycles. The Hall–Kier alpha value is -3.03. The highest BCUT2D eigenvalue weighted by molar-refractivity contribution is 7.92. The first-order chi connectivity index (χ1) is 15.7. The van der Waals surface area contributed by atoms with Gasteiger partial charge in [0.1, 0.15) is 5.75 Å².